The van der Waals surface area contributed by atoms with Crippen LogP contribution in [-0.4, -0.2) is 19.3 Å². The van der Waals surface area contributed by atoms with Crippen LogP contribution in [0.25, 0.3) is 11.3 Å². The molecule has 2 aromatic heterocycles. The summed E-state index contributed by atoms with van der Waals surface area (Å²) in [4.78, 5) is 4.83. The molecule has 2 heterocycles. The molecule has 0 aliphatic heterocycles. The van der Waals surface area contributed by atoms with E-state index in [1.807, 2.05) is 17.1 Å². The van der Waals surface area contributed by atoms with Crippen LogP contribution in [0.4, 0.5) is 5.82 Å². The summed E-state index contributed by atoms with van der Waals surface area (Å²) < 4.78 is 4.08. The predicted molar refractivity (Wildman–Crippen MR) is 87.2 cm³/mol. The smallest absolute Gasteiger partial charge is 0.131 e. The van der Waals surface area contributed by atoms with E-state index in [0.717, 1.165) is 35.9 Å². The van der Waals surface area contributed by atoms with Crippen molar-refractivity contribution < 1.29 is 0 Å². The quantitative estimate of drug-likeness (QED) is 0.935. The van der Waals surface area contributed by atoms with Crippen LogP contribution in [0.2, 0.25) is 0 Å². The molecule has 5 nitrogen and oxygen atoms in total. The lowest BCUT2D eigenvalue weighted by Crippen LogP contribution is -2.19. The van der Waals surface area contributed by atoms with Gasteiger partial charge in [0.15, 0.2) is 0 Å². The third-order valence-electron chi connectivity index (χ3n) is 3.53. The summed E-state index contributed by atoms with van der Waals surface area (Å²) in [6.45, 7) is 13.8. The summed E-state index contributed by atoms with van der Waals surface area (Å²) in [5.74, 6) is 1.78. The van der Waals surface area contributed by atoms with Gasteiger partial charge in [-0.15, -0.1) is 0 Å². The lowest BCUT2D eigenvalue weighted by molar-refractivity contribution is 0.498. The standard InChI is InChI=1S/C16H27N5/c1-7-8-20-14(17)13(19-15(20)16(4,5)6)12-9-18-21(10-12)11(2)3/h9-11H,7-8,17H2,1-6H3. The van der Waals surface area contributed by atoms with E-state index in [9.17, 15) is 0 Å². The first-order chi connectivity index (χ1) is 9.75. The number of nitrogens with zero attached hydrogens (tertiary/aromatic N) is 4. The number of nitrogens with two attached hydrogens (primary N) is 1. The fourth-order valence-electron chi connectivity index (χ4n) is 2.44. The Morgan fingerprint density at radius 1 is 1.29 bits per heavy atom. The summed E-state index contributed by atoms with van der Waals surface area (Å²) in [5, 5.41) is 4.39. The molecule has 0 aliphatic carbocycles. The van der Waals surface area contributed by atoms with Gasteiger partial charge in [-0.05, 0) is 20.3 Å². The van der Waals surface area contributed by atoms with Crippen molar-refractivity contribution in [3.05, 3.63) is 18.2 Å². The van der Waals surface area contributed by atoms with Crippen molar-refractivity contribution in [3.8, 4) is 11.3 Å². The number of aromatic nitrogens is 4. The lowest BCUT2D eigenvalue weighted by Gasteiger charge is -2.19. The Bertz CT molecular complexity index is 613. The van der Waals surface area contributed by atoms with Gasteiger partial charge in [-0.1, -0.05) is 27.7 Å². The molecule has 116 valence electrons. The van der Waals surface area contributed by atoms with Crippen molar-refractivity contribution in [3.63, 3.8) is 0 Å². The number of nitrogen functional groups attached to an aromatic ring is 1. The molecule has 21 heavy (non-hydrogen) atoms. The van der Waals surface area contributed by atoms with Crippen LogP contribution >= 0.6 is 0 Å². The Kier molecular flexibility index (Phi) is 4.12. The van der Waals surface area contributed by atoms with Gasteiger partial charge in [0.2, 0.25) is 0 Å². The van der Waals surface area contributed by atoms with Gasteiger partial charge in [-0.3, -0.25) is 4.68 Å². The van der Waals surface area contributed by atoms with Gasteiger partial charge in [0.1, 0.15) is 17.3 Å². The second kappa shape index (κ2) is 5.54. The van der Waals surface area contributed by atoms with Crippen molar-refractivity contribution in [2.45, 2.75) is 66.0 Å². The number of anilines is 1. The Labute approximate surface area is 127 Å². The van der Waals surface area contributed by atoms with E-state index in [0.29, 0.717) is 6.04 Å². The largest absolute Gasteiger partial charge is 0.383 e. The fraction of sp³-hybridized carbons (Fsp3) is 0.625. The maximum Gasteiger partial charge on any atom is 0.131 e. The third-order valence-corrected chi connectivity index (χ3v) is 3.53. The van der Waals surface area contributed by atoms with Gasteiger partial charge in [-0.2, -0.15) is 5.10 Å². The highest BCUT2D eigenvalue weighted by atomic mass is 15.3. The first-order valence-corrected chi connectivity index (χ1v) is 7.66. The molecular weight excluding hydrogens is 262 g/mol. The molecule has 0 aromatic carbocycles. The van der Waals surface area contributed by atoms with Crippen LogP contribution in [0.3, 0.4) is 0 Å². The lowest BCUT2D eigenvalue weighted by atomic mass is 9.95. The molecule has 0 radical (unpaired) electrons. The Morgan fingerprint density at radius 2 is 1.95 bits per heavy atom. The van der Waals surface area contributed by atoms with Crippen molar-refractivity contribution >= 4 is 5.82 Å². The Hall–Kier alpha value is -1.78. The first kappa shape index (κ1) is 15.6. The topological polar surface area (TPSA) is 61.7 Å². The van der Waals surface area contributed by atoms with Crippen LogP contribution in [0.15, 0.2) is 12.4 Å². The monoisotopic (exact) mass is 289 g/mol. The van der Waals surface area contributed by atoms with E-state index in [2.05, 4.69) is 51.2 Å². The zero-order chi connectivity index (χ0) is 15.8. The highest BCUT2D eigenvalue weighted by Crippen LogP contribution is 2.32. The van der Waals surface area contributed by atoms with E-state index in [-0.39, 0.29) is 5.41 Å². The van der Waals surface area contributed by atoms with Crippen molar-refractivity contribution in [1.82, 2.24) is 19.3 Å². The third kappa shape index (κ3) is 2.96. The Balaban J connectivity index is 2.53. The highest BCUT2D eigenvalue weighted by Gasteiger charge is 2.25. The molecule has 2 N–H and O–H groups in total. The van der Waals surface area contributed by atoms with Gasteiger partial charge in [-0.25, -0.2) is 4.98 Å². The fourth-order valence-corrected chi connectivity index (χ4v) is 2.44. The molecule has 2 rings (SSSR count). The zero-order valence-corrected chi connectivity index (χ0v) is 14.0. The zero-order valence-electron chi connectivity index (χ0n) is 14.0. The average molecular weight is 289 g/mol. The maximum atomic E-state index is 6.37. The SMILES string of the molecule is CCCn1c(C(C)(C)C)nc(-c2cnn(C(C)C)c2)c1N. The molecule has 0 aliphatic rings. The van der Waals surface area contributed by atoms with E-state index < -0.39 is 0 Å². The van der Waals surface area contributed by atoms with Crippen LogP contribution in [-0.2, 0) is 12.0 Å². The van der Waals surface area contributed by atoms with E-state index in [1.54, 1.807) is 0 Å². The summed E-state index contributed by atoms with van der Waals surface area (Å²) in [7, 11) is 0. The normalized spacial score (nSPS) is 12.3. The number of hydrogen-bond acceptors (Lipinski definition) is 3. The summed E-state index contributed by atoms with van der Waals surface area (Å²) in [6.07, 6.45) is 4.90. The van der Waals surface area contributed by atoms with Gasteiger partial charge in [0.25, 0.3) is 0 Å². The van der Waals surface area contributed by atoms with Crippen molar-refractivity contribution in [2.75, 3.05) is 5.73 Å². The molecule has 0 bridgehead atoms. The molecule has 0 amide bonds. The maximum absolute atomic E-state index is 6.37. The summed E-state index contributed by atoms with van der Waals surface area (Å²) in [6, 6.07) is 0.333. The molecule has 5 heteroatoms. The van der Waals surface area contributed by atoms with Gasteiger partial charge in [0, 0.05) is 29.8 Å². The summed E-state index contributed by atoms with van der Waals surface area (Å²) in [5.41, 5.74) is 8.17. The minimum atomic E-state index is -0.0322. The average Bonchev–Trinajstić information content (AvgIpc) is 2.95. The van der Waals surface area contributed by atoms with E-state index >= 15 is 0 Å². The van der Waals surface area contributed by atoms with Crippen LogP contribution < -0.4 is 5.73 Å². The molecule has 0 spiro atoms. The molecule has 0 saturated carbocycles. The van der Waals surface area contributed by atoms with Gasteiger partial charge >= 0.3 is 0 Å². The van der Waals surface area contributed by atoms with Crippen LogP contribution in [0.1, 0.15) is 59.8 Å². The second-order valence-corrected chi connectivity index (χ2v) is 6.87. The highest BCUT2D eigenvalue weighted by molar-refractivity contribution is 5.70. The minimum absolute atomic E-state index is 0.0322. The van der Waals surface area contributed by atoms with E-state index in [4.69, 9.17) is 10.7 Å². The molecule has 0 fully saturated rings. The molecule has 0 unspecified atom stereocenters. The minimum Gasteiger partial charge on any atom is -0.383 e. The summed E-state index contributed by atoms with van der Waals surface area (Å²) >= 11 is 0. The molecule has 0 saturated heterocycles. The number of hydrogen-bond donors (Lipinski definition) is 1. The molecule has 0 atom stereocenters. The van der Waals surface area contributed by atoms with Crippen LogP contribution in [0, 0.1) is 0 Å². The predicted octanol–water partition coefficient (Wildman–Crippen LogP) is 3.62. The van der Waals surface area contributed by atoms with Gasteiger partial charge < -0.3 is 10.3 Å². The molecular formula is C16H27N5. The van der Waals surface area contributed by atoms with Gasteiger partial charge in [0.05, 0.1) is 6.20 Å². The van der Waals surface area contributed by atoms with Crippen molar-refractivity contribution in [1.29, 1.82) is 0 Å². The number of imidazole rings is 1. The van der Waals surface area contributed by atoms with Crippen molar-refractivity contribution in [2.24, 2.45) is 0 Å². The van der Waals surface area contributed by atoms with E-state index in [1.165, 1.54) is 0 Å². The second-order valence-electron chi connectivity index (χ2n) is 6.87. The first-order valence-electron chi connectivity index (χ1n) is 7.66. The molecule has 2 aromatic rings. The Morgan fingerprint density at radius 3 is 2.43 bits per heavy atom. The van der Waals surface area contributed by atoms with Crippen LogP contribution in [0.5, 0.6) is 0 Å². The number of rotatable bonds is 4.